The van der Waals surface area contributed by atoms with E-state index in [1.165, 1.54) is 6.21 Å². The molecule has 6 heteroatoms. The first-order valence-electron chi connectivity index (χ1n) is 8.64. The third kappa shape index (κ3) is 4.65. The maximum atomic E-state index is 12.4. The molecule has 0 spiro atoms. The molecule has 0 saturated carbocycles. The number of amides is 1. The van der Waals surface area contributed by atoms with Crippen molar-refractivity contribution in [3.05, 3.63) is 70.7 Å². The highest BCUT2D eigenvalue weighted by molar-refractivity contribution is 9.10. The molecule has 1 amide bonds. The highest BCUT2D eigenvalue weighted by Crippen LogP contribution is 2.25. The predicted molar refractivity (Wildman–Crippen MR) is 113 cm³/mol. The molecule has 3 aromatic rings. The van der Waals surface area contributed by atoms with Crippen LogP contribution in [0.5, 0.6) is 5.75 Å². The SMILES string of the molecule is CC[C@@H](Nc1ccc(Br)cc1)C(=O)N/N=C/c1c(O)ccc2ccccc12. The van der Waals surface area contributed by atoms with Crippen molar-refractivity contribution in [2.75, 3.05) is 5.32 Å². The zero-order chi connectivity index (χ0) is 19.2. The Morgan fingerprint density at radius 2 is 1.89 bits per heavy atom. The molecule has 0 fully saturated rings. The summed E-state index contributed by atoms with van der Waals surface area (Å²) in [6, 6.07) is 18.4. The molecular formula is C21H20BrN3O2. The number of nitrogens with zero attached hydrogens (tertiary/aromatic N) is 1. The number of halogens is 1. The number of fused-ring (bicyclic) bond motifs is 1. The second-order valence-corrected chi connectivity index (χ2v) is 6.98. The van der Waals surface area contributed by atoms with Gasteiger partial charge in [-0.3, -0.25) is 4.79 Å². The van der Waals surface area contributed by atoms with Crippen molar-refractivity contribution in [3.8, 4) is 5.75 Å². The third-order valence-corrected chi connectivity index (χ3v) is 4.75. The van der Waals surface area contributed by atoms with Crippen LogP contribution in [0.4, 0.5) is 5.69 Å². The number of aromatic hydroxyl groups is 1. The number of anilines is 1. The molecule has 1 atom stereocenters. The molecule has 0 radical (unpaired) electrons. The lowest BCUT2D eigenvalue weighted by molar-refractivity contribution is -0.121. The van der Waals surface area contributed by atoms with Crippen molar-refractivity contribution in [1.29, 1.82) is 0 Å². The minimum Gasteiger partial charge on any atom is -0.507 e. The van der Waals surface area contributed by atoms with E-state index in [1.54, 1.807) is 6.07 Å². The van der Waals surface area contributed by atoms with Crippen molar-refractivity contribution in [2.45, 2.75) is 19.4 Å². The summed E-state index contributed by atoms with van der Waals surface area (Å²) in [5, 5.41) is 19.2. The largest absolute Gasteiger partial charge is 0.507 e. The van der Waals surface area contributed by atoms with E-state index < -0.39 is 6.04 Å². The summed E-state index contributed by atoms with van der Waals surface area (Å²) < 4.78 is 0.977. The van der Waals surface area contributed by atoms with Crippen molar-refractivity contribution in [3.63, 3.8) is 0 Å². The number of carbonyl (C=O) groups excluding carboxylic acids is 1. The second kappa shape index (κ2) is 8.68. The van der Waals surface area contributed by atoms with Crippen molar-refractivity contribution < 1.29 is 9.90 Å². The average molecular weight is 426 g/mol. The van der Waals surface area contributed by atoms with Crippen LogP contribution < -0.4 is 10.7 Å². The summed E-state index contributed by atoms with van der Waals surface area (Å²) >= 11 is 3.39. The van der Waals surface area contributed by atoms with Crippen molar-refractivity contribution in [1.82, 2.24) is 5.43 Å². The summed E-state index contributed by atoms with van der Waals surface area (Å²) in [4.78, 5) is 12.4. The van der Waals surface area contributed by atoms with Crippen LogP contribution >= 0.6 is 15.9 Å². The highest BCUT2D eigenvalue weighted by atomic mass is 79.9. The van der Waals surface area contributed by atoms with E-state index in [4.69, 9.17) is 0 Å². The number of hydrogen-bond acceptors (Lipinski definition) is 4. The molecular weight excluding hydrogens is 406 g/mol. The highest BCUT2D eigenvalue weighted by Gasteiger charge is 2.15. The zero-order valence-electron chi connectivity index (χ0n) is 14.8. The van der Waals surface area contributed by atoms with Crippen LogP contribution in [0.15, 0.2) is 70.2 Å². The lowest BCUT2D eigenvalue weighted by Crippen LogP contribution is -2.36. The fourth-order valence-electron chi connectivity index (χ4n) is 2.76. The molecule has 3 N–H and O–H groups in total. The lowest BCUT2D eigenvalue weighted by atomic mass is 10.0. The molecule has 3 rings (SSSR count). The van der Waals surface area contributed by atoms with Gasteiger partial charge in [0.15, 0.2) is 0 Å². The van der Waals surface area contributed by atoms with E-state index in [0.29, 0.717) is 12.0 Å². The molecule has 5 nitrogen and oxygen atoms in total. The summed E-state index contributed by atoms with van der Waals surface area (Å²) in [5.74, 6) is -0.122. The first-order chi connectivity index (χ1) is 13.1. The van der Waals surface area contributed by atoms with Gasteiger partial charge in [-0.2, -0.15) is 5.10 Å². The first-order valence-corrected chi connectivity index (χ1v) is 9.43. The van der Waals surface area contributed by atoms with Gasteiger partial charge in [0.2, 0.25) is 0 Å². The van der Waals surface area contributed by atoms with Crippen LogP contribution in [0.1, 0.15) is 18.9 Å². The summed E-state index contributed by atoms with van der Waals surface area (Å²) in [5.41, 5.74) is 3.98. The number of phenols is 1. The standard InChI is InChI=1S/C21H20BrN3O2/c1-2-19(24-16-10-8-15(22)9-11-16)21(27)25-23-13-18-17-6-4-3-5-14(17)7-12-20(18)26/h3-13,19,24,26H,2H2,1H3,(H,25,27)/b23-13+/t19-/m1/s1. The maximum Gasteiger partial charge on any atom is 0.262 e. The molecule has 27 heavy (non-hydrogen) atoms. The number of hydrazone groups is 1. The Kier molecular flexibility index (Phi) is 6.08. The van der Waals surface area contributed by atoms with Gasteiger partial charge in [0.05, 0.1) is 6.21 Å². The Labute approximate surface area is 166 Å². The number of nitrogens with one attached hydrogen (secondary N) is 2. The Balaban J connectivity index is 1.70. The molecule has 0 bridgehead atoms. The molecule has 138 valence electrons. The number of hydrogen-bond donors (Lipinski definition) is 3. The Morgan fingerprint density at radius 1 is 1.15 bits per heavy atom. The number of benzene rings is 3. The average Bonchev–Trinajstić information content (AvgIpc) is 2.69. The monoisotopic (exact) mass is 425 g/mol. The predicted octanol–water partition coefficient (Wildman–Crippen LogP) is 4.65. The van der Waals surface area contributed by atoms with E-state index in [0.717, 1.165) is 20.9 Å². The molecule has 3 aromatic carbocycles. The molecule has 0 aliphatic carbocycles. The number of carbonyl (C=O) groups is 1. The van der Waals surface area contributed by atoms with E-state index in [1.807, 2.05) is 61.5 Å². The van der Waals surface area contributed by atoms with Gasteiger partial charge < -0.3 is 10.4 Å². The minimum atomic E-state index is -0.413. The summed E-state index contributed by atoms with van der Waals surface area (Å²) in [6.45, 7) is 1.93. The van der Waals surface area contributed by atoms with Crippen LogP contribution in [0.25, 0.3) is 10.8 Å². The quantitative estimate of drug-likeness (QED) is 0.397. The minimum absolute atomic E-state index is 0.117. The molecule has 0 heterocycles. The van der Waals surface area contributed by atoms with Gasteiger partial charge in [0, 0.05) is 15.7 Å². The number of rotatable bonds is 6. The topological polar surface area (TPSA) is 73.7 Å². The molecule has 0 saturated heterocycles. The lowest BCUT2D eigenvalue weighted by Gasteiger charge is -2.16. The molecule has 0 aliphatic rings. The van der Waals surface area contributed by atoms with Gasteiger partial charge in [0.25, 0.3) is 5.91 Å². The summed E-state index contributed by atoms with van der Waals surface area (Å²) in [6.07, 6.45) is 2.08. The maximum absolute atomic E-state index is 12.4. The van der Waals surface area contributed by atoms with Crippen molar-refractivity contribution >= 4 is 44.5 Å². The Hall–Kier alpha value is -2.86. The van der Waals surface area contributed by atoms with Crippen LogP contribution in [-0.2, 0) is 4.79 Å². The van der Waals surface area contributed by atoms with Gasteiger partial charge >= 0.3 is 0 Å². The van der Waals surface area contributed by atoms with E-state index in [-0.39, 0.29) is 11.7 Å². The van der Waals surface area contributed by atoms with E-state index in [2.05, 4.69) is 31.8 Å². The molecule has 0 aromatic heterocycles. The first kappa shape index (κ1) is 18.9. The normalized spacial score (nSPS) is 12.2. The van der Waals surface area contributed by atoms with Crippen LogP contribution in [-0.4, -0.2) is 23.3 Å². The smallest absolute Gasteiger partial charge is 0.262 e. The second-order valence-electron chi connectivity index (χ2n) is 6.07. The van der Waals surface area contributed by atoms with Gasteiger partial charge in [0.1, 0.15) is 11.8 Å². The zero-order valence-corrected chi connectivity index (χ0v) is 16.4. The van der Waals surface area contributed by atoms with Gasteiger partial charge in [-0.05, 0) is 47.5 Å². The van der Waals surface area contributed by atoms with Gasteiger partial charge in [-0.15, -0.1) is 0 Å². The van der Waals surface area contributed by atoms with Crippen LogP contribution in [0, 0.1) is 0 Å². The fraction of sp³-hybridized carbons (Fsp3) is 0.143. The van der Waals surface area contributed by atoms with E-state index in [9.17, 15) is 9.90 Å². The summed E-state index contributed by atoms with van der Waals surface area (Å²) in [7, 11) is 0. The van der Waals surface area contributed by atoms with Gasteiger partial charge in [-0.25, -0.2) is 5.43 Å². The Bertz CT molecular complexity index is 971. The van der Waals surface area contributed by atoms with Gasteiger partial charge in [-0.1, -0.05) is 53.2 Å². The van der Waals surface area contributed by atoms with Crippen LogP contribution in [0.2, 0.25) is 0 Å². The molecule has 0 unspecified atom stereocenters. The molecule has 0 aliphatic heterocycles. The third-order valence-electron chi connectivity index (χ3n) is 4.23. The fourth-order valence-corrected chi connectivity index (χ4v) is 3.02. The van der Waals surface area contributed by atoms with Crippen LogP contribution in [0.3, 0.4) is 0 Å². The van der Waals surface area contributed by atoms with Crippen molar-refractivity contribution in [2.24, 2.45) is 5.10 Å². The Morgan fingerprint density at radius 3 is 2.63 bits per heavy atom. The van der Waals surface area contributed by atoms with E-state index >= 15 is 0 Å². The number of phenolic OH excluding ortho intramolecular Hbond substituents is 1.